The number of amides is 1. The van der Waals surface area contributed by atoms with Gasteiger partial charge in [-0.1, -0.05) is 0 Å². The largest absolute Gasteiger partial charge is 0.338 e. The number of benzene rings is 1. The Morgan fingerprint density at radius 1 is 1.41 bits per heavy atom. The number of sulfonamides is 1. The fraction of sp³-hybridized carbons (Fsp3) is 0.467. The molecule has 0 aromatic heterocycles. The fourth-order valence-electron chi connectivity index (χ4n) is 2.56. The zero-order valence-corrected chi connectivity index (χ0v) is 13.3. The second kappa shape index (κ2) is 6.90. The van der Waals surface area contributed by atoms with E-state index >= 15 is 0 Å². The van der Waals surface area contributed by atoms with Crippen LogP contribution in [0.2, 0.25) is 0 Å². The van der Waals surface area contributed by atoms with Crippen molar-refractivity contribution in [2.75, 3.05) is 25.9 Å². The van der Waals surface area contributed by atoms with Crippen LogP contribution in [0.25, 0.3) is 0 Å². The Balaban J connectivity index is 1.99. The maximum absolute atomic E-state index is 12.5. The van der Waals surface area contributed by atoms with Crippen LogP contribution in [0.1, 0.15) is 28.8 Å². The molecular weight excluding hydrogens is 302 g/mol. The van der Waals surface area contributed by atoms with E-state index in [1.165, 1.54) is 0 Å². The minimum atomic E-state index is -3.21. The molecule has 1 unspecified atom stereocenters. The summed E-state index contributed by atoms with van der Waals surface area (Å²) in [6.07, 6.45) is 2.90. The smallest absolute Gasteiger partial charge is 0.253 e. The highest BCUT2D eigenvalue weighted by Gasteiger charge is 2.24. The molecule has 22 heavy (non-hydrogen) atoms. The zero-order chi connectivity index (χ0) is 16.2. The van der Waals surface area contributed by atoms with E-state index in [4.69, 9.17) is 5.26 Å². The van der Waals surface area contributed by atoms with Crippen LogP contribution in [0.4, 0.5) is 0 Å². The molecule has 0 saturated carbocycles. The molecule has 1 fully saturated rings. The number of likely N-dealkylation sites (tertiary alicyclic amines) is 1. The lowest BCUT2D eigenvalue weighted by atomic mass is 9.97. The molecule has 0 bridgehead atoms. The summed E-state index contributed by atoms with van der Waals surface area (Å²) < 4.78 is 24.8. The molecule has 0 spiro atoms. The van der Waals surface area contributed by atoms with Crippen molar-refractivity contribution in [1.29, 1.82) is 5.26 Å². The number of nitriles is 1. The molecule has 1 aromatic carbocycles. The summed E-state index contributed by atoms with van der Waals surface area (Å²) in [4.78, 5) is 14.2. The van der Waals surface area contributed by atoms with E-state index in [0.717, 1.165) is 19.1 Å². The Bertz CT molecular complexity index is 677. The van der Waals surface area contributed by atoms with Gasteiger partial charge in [-0.15, -0.1) is 0 Å². The highest BCUT2D eigenvalue weighted by atomic mass is 32.2. The predicted molar refractivity (Wildman–Crippen MR) is 82.6 cm³/mol. The van der Waals surface area contributed by atoms with Gasteiger partial charge in [0.1, 0.15) is 0 Å². The third kappa shape index (κ3) is 4.55. The van der Waals surface area contributed by atoms with Crippen molar-refractivity contribution in [2.24, 2.45) is 5.92 Å². The Kier molecular flexibility index (Phi) is 5.16. The van der Waals surface area contributed by atoms with E-state index in [9.17, 15) is 13.2 Å². The van der Waals surface area contributed by atoms with E-state index in [2.05, 4.69) is 4.72 Å². The maximum Gasteiger partial charge on any atom is 0.253 e. The van der Waals surface area contributed by atoms with Crippen LogP contribution >= 0.6 is 0 Å². The normalized spacial score (nSPS) is 18.7. The maximum atomic E-state index is 12.5. The van der Waals surface area contributed by atoms with Gasteiger partial charge in [-0.3, -0.25) is 4.79 Å². The number of hydrogen-bond donors (Lipinski definition) is 1. The number of piperidine rings is 1. The Morgan fingerprint density at radius 3 is 2.68 bits per heavy atom. The highest BCUT2D eigenvalue weighted by molar-refractivity contribution is 7.88. The van der Waals surface area contributed by atoms with Crippen LogP contribution in [-0.2, 0) is 10.0 Å². The number of nitrogens with zero attached hydrogens (tertiary/aromatic N) is 2. The summed E-state index contributed by atoms with van der Waals surface area (Å²) in [7, 11) is -3.21. The molecule has 1 saturated heterocycles. The summed E-state index contributed by atoms with van der Waals surface area (Å²) in [5.41, 5.74) is 1.07. The summed E-state index contributed by atoms with van der Waals surface area (Å²) >= 11 is 0. The number of nitrogens with one attached hydrogen (secondary N) is 1. The number of carbonyl (C=O) groups is 1. The van der Waals surface area contributed by atoms with Gasteiger partial charge in [0.05, 0.1) is 17.9 Å². The van der Waals surface area contributed by atoms with E-state index < -0.39 is 10.0 Å². The first-order valence-electron chi connectivity index (χ1n) is 7.13. The van der Waals surface area contributed by atoms with Crippen molar-refractivity contribution in [3.8, 4) is 6.07 Å². The van der Waals surface area contributed by atoms with E-state index in [1.54, 1.807) is 29.2 Å². The van der Waals surface area contributed by atoms with Gasteiger partial charge in [-0.05, 0) is 43.0 Å². The van der Waals surface area contributed by atoms with Crippen molar-refractivity contribution in [3.63, 3.8) is 0 Å². The molecular formula is C15H19N3O3S. The van der Waals surface area contributed by atoms with Crippen LogP contribution in [0.3, 0.4) is 0 Å². The van der Waals surface area contributed by atoms with Crippen molar-refractivity contribution in [3.05, 3.63) is 35.4 Å². The molecule has 0 radical (unpaired) electrons. The first kappa shape index (κ1) is 16.5. The Morgan fingerprint density at radius 2 is 2.09 bits per heavy atom. The Labute approximate surface area is 130 Å². The number of carbonyl (C=O) groups excluding carboxylic acids is 1. The standard InChI is InChI=1S/C15H19N3O3S/c1-22(20,21)17-10-13-3-2-8-18(11-13)15(19)14-6-4-12(9-16)5-7-14/h4-7,13,17H,2-3,8,10-11H2,1H3. The molecule has 1 amide bonds. The first-order chi connectivity index (χ1) is 10.4. The van der Waals surface area contributed by atoms with Gasteiger partial charge < -0.3 is 4.90 Å². The molecule has 1 N–H and O–H groups in total. The quantitative estimate of drug-likeness (QED) is 0.894. The summed E-state index contributed by atoms with van der Waals surface area (Å²) in [5, 5.41) is 8.77. The molecule has 1 aliphatic rings. The molecule has 6 nitrogen and oxygen atoms in total. The fourth-order valence-corrected chi connectivity index (χ4v) is 3.09. The van der Waals surface area contributed by atoms with Gasteiger partial charge in [0, 0.05) is 25.2 Å². The average Bonchev–Trinajstić information content (AvgIpc) is 2.52. The Hall–Kier alpha value is -1.91. The van der Waals surface area contributed by atoms with E-state index in [1.807, 2.05) is 6.07 Å². The lowest BCUT2D eigenvalue weighted by Gasteiger charge is -2.32. The summed E-state index contributed by atoms with van der Waals surface area (Å²) in [5.74, 6) is 0.0550. The minimum absolute atomic E-state index is 0.0754. The van der Waals surface area contributed by atoms with Crippen LogP contribution in [0.5, 0.6) is 0 Å². The van der Waals surface area contributed by atoms with Crippen molar-refractivity contribution < 1.29 is 13.2 Å². The molecule has 7 heteroatoms. The third-order valence-electron chi connectivity index (χ3n) is 3.70. The second-order valence-electron chi connectivity index (χ2n) is 5.57. The van der Waals surface area contributed by atoms with Crippen molar-refractivity contribution >= 4 is 15.9 Å². The minimum Gasteiger partial charge on any atom is -0.338 e. The molecule has 1 aromatic rings. The van der Waals surface area contributed by atoms with Crippen molar-refractivity contribution in [2.45, 2.75) is 12.8 Å². The summed E-state index contributed by atoms with van der Waals surface area (Å²) in [6.45, 7) is 1.57. The molecule has 118 valence electrons. The van der Waals surface area contributed by atoms with Crippen LogP contribution in [0, 0.1) is 17.2 Å². The van der Waals surface area contributed by atoms with Gasteiger partial charge in [0.15, 0.2) is 0 Å². The van der Waals surface area contributed by atoms with Crippen molar-refractivity contribution in [1.82, 2.24) is 9.62 Å². The summed E-state index contributed by atoms with van der Waals surface area (Å²) in [6, 6.07) is 8.57. The second-order valence-corrected chi connectivity index (χ2v) is 7.40. The van der Waals surface area contributed by atoms with Gasteiger partial charge >= 0.3 is 0 Å². The average molecular weight is 321 g/mol. The highest BCUT2D eigenvalue weighted by Crippen LogP contribution is 2.18. The van der Waals surface area contributed by atoms with Gasteiger partial charge in [-0.2, -0.15) is 5.26 Å². The lowest BCUT2D eigenvalue weighted by Crippen LogP contribution is -2.43. The molecule has 2 rings (SSSR count). The predicted octanol–water partition coefficient (Wildman–Crippen LogP) is 0.960. The van der Waals surface area contributed by atoms with E-state index in [-0.39, 0.29) is 11.8 Å². The molecule has 1 atom stereocenters. The van der Waals surface area contributed by atoms with Crippen LogP contribution in [-0.4, -0.2) is 45.1 Å². The molecule has 1 aliphatic heterocycles. The van der Waals surface area contributed by atoms with Gasteiger partial charge in [0.25, 0.3) is 5.91 Å². The monoisotopic (exact) mass is 321 g/mol. The van der Waals surface area contributed by atoms with E-state index in [0.29, 0.717) is 30.8 Å². The third-order valence-corrected chi connectivity index (χ3v) is 4.39. The van der Waals surface area contributed by atoms with Crippen LogP contribution < -0.4 is 4.72 Å². The van der Waals surface area contributed by atoms with Gasteiger partial charge in [0.2, 0.25) is 10.0 Å². The topological polar surface area (TPSA) is 90.3 Å². The number of hydrogen-bond acceptors (Lipinski definition) is 4. The lowest BCUT2D eigenvalue weighted by molar-refractivity contribution is 0.0676. The van der Waals surface area contributed by atoms with Gasteiger partial charge in [-0.25, -0.2) is 13.1 Å². The number of rotatable bonds is 4. The molecule has 0 aliphatic carbocycles. The molecule has 1 heterocycles. The zero-order valence-electron chi connectivity index (χ0n) is 12.4. The van der Waals surface area contributed by atoms with Crippen LogP contribution in [0.15, 0.2) is 24.3 Å². The SMILES string of the molecule is CS(=O)(=O)NCC1CCCN(C(=O)c2ccc(C#N)cc2)C1. The first-order valence-corrected chi connectivity index (χ1v) is 9.02.